The van der Waals surface area contributed by atoms with Crippen molar-refractivity contribution in [2.45, 2.75) is 49.9 Å². The highest BCUT2D eigenvalue weighted by Crippen LogP contribution is 2.44. The fourth-order valence-corrected chi connectivity index (χ4v) is 4.39. The lowest BCUT2D eigenvalue weighted by molar-refractivity contribution is -0.137. The van der Waals surface area contributed by atoms with Gasteiger partial charge in [0.25, 0.3) is 0 Å². The molecule has 0 saturated heterocycles. The molecule has 120 valence electrons. The Morgan fingerprint density at radius 3 is 2.33 bits per heavy atom. The van der Waals surface area contributed by atoms with Gasteiger partial charge in [0, 0.05) is 16.6 Å². The summed E-state index contributed by atoms with van der Waals surface area (Å²) < 4.78 is 38.3. The summed E-state index contributed by atoms with van der Waals surface area (Å²) in [5.74, 6) is 0. The average molecular weight is 321 g/mol. The number of hydrogen-bond donors (Lipinski definition) is 1. The van der Waals surface area contributed by atoms with Gasteiger partial charge in [0.15, 0.2) is 5.01 Å². The number of nitrogens with one attached hydrogen (secondary N) is 1. The van der Waals surface area contributed by atoms with E-state index in [1.165, 1.54) is 12.6 Å². The average Bonchev–Trinajstić information content (AvgIpc) is 2.90. The predicted molar refractivity (Wildman–Crippen MR) is 78.4 cm³/mol. The summed E-state index contributed by atoms with van der Waals surface area (Å²) in [5, 5.41) is 2.47. The number of hydrogen-bond acceptors (Lipinski definition) is 4. The van der Waals surface area contributed by atoms with Gasteiger partial charge in [-0.15, -0.1) is 11.3 Å². The van der Waals surface area contributed by atoms with Crippen LogP contribution in [-0.4, -0.2) is 36.6 Å². The predicted octanol–water partition coefficient (Wildman–Crippen LogP) is 3.69. The SMILES string of the molecule is CNC(c1cnc(C(F)(F)F)s1)C1(N(C)C)CCCCC1. The summed E-state index contributed by atoms with van der Waals surface area (Å²) in [6.45, 7) is 0. The second-order valence-corrected chi connectivity index (χ2v) is 6.91. The highest BCUT2D eigenvalue weighted by molar-refractivity contribution is 7.11. The van der Waals surface area contributed by atoms with E-state index in [1.807, 2.05) is 21.1 Å². The number of nitrogens with zero attached hydrogens (tertiary/aromatic N) is 2. The Morgan fingerprint density at radius 1 is 1.29 bits per heavy atom. The molecule has 0 radical (unpaired) electrons. The Labute approximate surface area is 127 Å². The van der Waals surface area contributed by atoms with Gasteiger partial charge in [-0.25, -0.2) is 4.98 Å². The quantitative estimate of drug-likeness (QED) is 0.917. The molecule has 0 aromatic carbocycles. The molecule has 1 aliphatic rings. The summed E-state index contributed by atoms with van der Waals surface area (Å²) in [5.41, 5.74) is -0.137. The Morgan fingerprint density at radius 2 is 1.90 bits per heavy atom. The number of likely N-dealkylation sites (N-methyl/N-ethyl adjacent to an activating group) is 2. The van der Waals surface area contributed by atoms with E-state index in [4.69, 9.17) is 0 Å². The van der Waals surface area contributed by atoms with E-state index < -0.39 is 11.2 Å². The summed E-state index contributed by atoms with van der Waals surface area (Å²) in [4.78, 5) is 6.41. The van der Waals surface area contributed by atoms with Crippen molar-refractivity contribution in [1.29, 1.82) is 0 Å². The summed E-state index contributed by atoms with van der Waals surface area (Å²) in [6, 6.07) is -0.124. The molecule has 1 unspecified atom stereocenters. The smallest absolute Gasteiger partial charge is 0.311 e. The molecule has 21 heavy (non-hydrogen) atoms. The number of thiazole rings is 1. The van der Waals surface area contributed by atoms with Crippen LogP contribution in [0.2, 0.25) is 0 Å². The maximum atomic E-state index is 12.8. The third-order valence-corrected chi connectivity index (χ3v) is 5.59. The molecule has 1 N–H and O–H groups in total. The Kier molecular flexibility index (Phi) is 4.95. The fraction of sp³-hybridized carbons (Fsp3) is 0.786. The zero-order valence-electron chi connectivity index (χ0n) is 12.6. The zero-order valence-corrected chi connectivity index (χ0v) is 13.4. The van der Waals surface area contributed by atoms with Crippen LogP contribution in [-0.2, 0) is 6.18 Å². The number of halogens is 3. The molecule has 1 saturated carbocycles. The van der Waals surface area contributed by atoms with E-state index in [1.54, 1.807) is 0 Å². The van der Waals surface area contributed by atoms with E-state index in [-0.39, 0.29) is 11.6 Å². The van der Waals surface area contributed by atoms with Crippen LogP contribution in [0.1, 0.15) is 48.0 Å². The Hall–Kier alpha value is -0.660. The molecule has 0 amide bonds. The van der Waals surface area contributed by atoms with Crippen molar-refractivity contribution in [1.82, 2.24) is 15.2 Å². The monoisotopic (exact) mass is 321 g/mol. The van der Waals surface area contributed by atoms with Crippen molar-refractivity contribution in [2.24, 2.45) is 0 Å². The van der Waals surface area contributed by atoms with Crippen molar-refractivity contribution < 1.29 is 13.2 Å². The van der Waals surface area contributed by atoms with Gasteiger partial charge in [0.05, 0.1) is 6.04 Å². The van der Waals surface area contributed by atoms with E-state index in [0.717, 1.165) is 37.0 Å². The van der Waals surface area contributed by atoms with Gasteiger partial charge in [-0.1, -0.05) is 19.3 Å². The lowest BCUT2D eigenvalue weighted by Crippen LogP contribution is -2.54. The van der Waals surface area contributed by atoms with Crippen LogP contribution in [0.15, 0.2) is 6.20 Å². The fourth-order valence-electron chi connectivity index (χ4n) is 3.38. The van der Waals surface area contributed by atoms with E-state index >= 15 is 0 Å². The van der Waals surface area contributed by atoms with Crippen LogP contribution in [0.25, 0.3) is 0 Å². The van der Waals surface area contributed by atoms with Crippen molar-refractivity contribution in [3.05, 3.63) is 16.1 Å². The molecule has 1 aromatic heterocycles. The maximum Gasteiger partial charge on any atom is 0.443 e. The normalized spacial score (nSPS) is 20.7. The van der Waals surface area contributed by atoms with Crippen LogP contribution in [0.4, 0.5) is 13.2 Å². The second kappa shape index (κ2) is 6.22. The Balaban J connectivity index is 2.35. The van der Waals surface area contributed by atoms with Crippen molar-refractivity contribution in [2.75, 3.05) is 21.1 Å². The lowest BCUT2D eigenvalue weighted by atomic mass is 9.75. The van der Waals surface area contributed by atoms with Crippen LogP contribution in [0, 0.1) is 0 Å². The van der Waals surface area contributed by atoms with Crippen LogP contribution in [0.3, 0.4) is 0 Å². The summed E-state index contributed by atoms with van der Waals surface area (Å²) in [6.07, 6.45) is 2.42. The van der Waals surface area contributed by atoms with Crippen LogP contribution in [0.5, 0.6) is 0 Å². The third-order valence-electron chi connectivity index (χ3n) is 4.49. The first kappa shape index (κ1) is 16.7. The number of aromatic nitrogens is 1. The molecule has 1 fully saturated rings. The first-order chi connectivity index (χ1) is 9.81. The van der Waals surface area contributed by atoms with Crippen molar-refractivity contribution in [3.8, 4) is 0 Å². The van der Waals surface area contributed by atoms with Gasteiger partial charge >= 0.3 is 6.18 Å². The minimum Gasteiger partial charge on any atom is -0.311 e. The summed E-state index contributed by atoms with van der Waals surface area (Å²) in [7, 11) is 5.85. The topological polar surface area (TPSA) is 28.2 Å². The van der Waals surface area contributed by atoms with E-state index in [0.29, 0.717) is 4.88 Å². The van der Waals surface area contributed by atoms with Gasteiger partial charge in [-0.3, -0.25) is 0 Å². The van der Waals surface area contributed by atoms with Crippen LogP contribution >= 0.6 is 11.3 Å². The van der Waals surface area contributed by atoms with Gasteiger partial charge in [-0.05, 0) is 34.0 Å². The van der Waals surface area contributed by atoms with Crippen LogP contribution < -0.4 is 5.32 Å². The second-order valence-electron chi connectivity index (χ2n) is 5.85. The molecule has 1 atom stereocenters. The van der Waals surface area contributed by atoms with Crippen molar-refractivity contribution in [3.63, 3.8) is 0 Å². The minimum absolute atomic E-state index is 0.124. The highest BCUT2D eigenvalue weighted by atomic mass is 32.1. The standard InChI is InChI=1S/C14H22F3N3S/c1-18-11(10-9-19-12(21-10)14(15,16)17)13(20(2)3)7-5-4-6-8-13/h9,11,18H,4-8H2,1-3H3. The Bertz CT molecular complexity index is 464. The molecule has 0 aliphatic heterocycles. The number of rotatable bonds is 4. The first-order valence-electron chi connectivity index (χ1n) is 7.19. The van der Waals surface area contributed by atoms with Gasteiger partial charge < -0.3 is 10.2 Å². The van der Waals surface area contributed by atoms with E-state index in [9.17, 15) is 13.2 Å². The largest absolute Gasteiger partial charge is 0.443 e. The lowest BCUT2D eigenvalue weighted by Gasteiger charge is -2.48. The molecular weight excluding hydrogens is 299 g/mol. The summed E-state index contributed by atoms with van der Waals surface area (Å²) >= 11 is 0.757. The molecule has 0 bridgehead atoms. The third kappa shape index (κ3) is 3.24. The molecule has 1 aliphatic carbocycles. The van der Waals surface area contributed by atoms with Gasteiger partial charge in [0.1, 0.15) is 0 Å². The maximum absolute atomic E-state index is 12.8. The minimum atomic E-state index is -4.36. The molecule has 3 nitrogen and oxygen atoms in total. The van der Waals surface area contributed by atoms with E-state index in [2.05, 4.69) is 15.2 Å². The van der Waals surface area contributed by atoms with Gasteiger partial charge in [-0.2, -0.15) is 13.2 Å². The molecule has 1 heterocycles. The molecule has 0 spiro atoms. The molecule has 1 aromatic rings. The molecular formula is C14H22F3N3S. The highest BCUT2D eigenvalue weighted by Gasteiger charge is 2.44. The molecule has 7 heteroatoms. The zero-order chi connectivity index (χ0) is 15.7. The van der Waals surface area contributed by atoms with Gasteiger partial charge in [0.2, 0.25) is 0 Å². The van der Waals surface area contributed by atoms with Crippen molar-refractivity contribution >= 4 is 11.3 Å². The first-order valence-corrected chi connectivity index (χ1v) is 8.00. The number of alkyl halides is 3. The molecule has 2 rings (SSSR count).